The Morgan fingerprint density at radius 3 is 2.45 bits per heavy atom. The molecule has 1 saturated carbocycles. The van der Waals surface area contributed by atoms with Crippen LogP contribution in [0.5, 0.6) is 0 Å². The fourth-order valence-electron chi connectivity index (χ4n) is 5.42. The van der Waals surface area contributed by atoms with Crippen LogP contribution in [-0.2, 0) is 20.8 Å². The summed E-state index contributed by atoms with van der Waals surface area (Å²) in [7, 11) is 0. The summed E-state index contributed by atoms with van der Waals surface area (Å²) in [5.74, 6) is -0.635. The van der Waals surface area contributed by atoms with Gasteiger partial charge in [-0.1, -0.05) is 61.7 Å². The molecule has 1 aliphatic carbocycles. The van der Waals surface area contributed by atoms with Crippen molar-refractivity contribution >= 4 is 51.8 Å². The third-order valence-corrected chi connectivity index (χ3v) is 7.50. The number of nitrogens with one attached hydrogen (secondary N) is 1. The van der Waals surface area contributed by atoms with Crippen LogP contribution in [0.4, 0.5) is 17.1 Å². The lowest BCUT2D eigenvalue weighted by atomic mass is 9.94. The number of nitrogens with two attached hydrogens (primary N) is 1. The van der Waals surface area contributed by atoms with E-state index in [4.69, 9.17) is 5.73 Å². The molecule has 8 nitrogen and oxygen atoms in total. The summed E-state index contributed by atoms with van der Waals surface area (Å²) in [6.07, 6.45) is 9.91. The molecule has 1 aromatic heterocycles. The maximum atomic E-state index is 13.9. The van der Waals surface area contributed by atoms with Crippen LogP contribution in [0, 0.1) is 0 Å². The Balaban J connectivity index is 1.33. The molecular weight excluding hydrogens is 526 g/mol. The van der Waals surface area contributed by atoms with Crippen LogP contribution in [-0.4, -0.2) is 33.8 Å². The Labute approximate surface area is 245 Å². The number of carbonyl (C=O) groups excluding carboxylic acids is 3. The van der Waals surface area contributed by atoms with Gasteiger partial charge >= 0.3 is 0 Å². The molecule has 3 N–H and O–H groups in total. The number of fused-ring (bicyclic) bond motifs is 1. The van der Waals surface area contributed by atoms with Gasteiger partial charge in [0.15, 0.2) is 0 Å². The highest BCUT2D eigenvalue weighted by Gasteiger charge is 2.33. The van der Waals surface area contributed by atoms with Crippen molar-refractivity contribution in [2.24, 2.45) is 0 Å². The van der Waals surface area contributed by atoms with E-state index in [9.17, 15) is 14.4 Å². The molecule has 42 heavy (non-hydrogen) atoms. The second kappa shape index (κ2) is 13.1. The summed E-state index contributed by atoms with van der Waals surface area (Å²) in [5, 5.41) is 6.90. The molecule has 5 rings (SSSR count). The van der Waals surface area contributed by atoms with E-state index >= 15 is 0 Å². The zero-order valence-corrected chi connectivity index (χ0v) is 23.7. The zero-order valence-electron chi connectivity index (χ0n) is 23.7. The highest BCUT2D eigenvalue weighted by Crippen LogP contribution is 2.30. The van der Waals surface area contributed by atoms with Gasteiger partial charge in [-0.2, -0.15) is 0 Å². The molecule has 1 heterocycles. The van der Waals surface area contributed by atoms with E-state index in [2.05, 4.69) is 10.3 Å². The number of nitrogen functional groups attached to an aromatic ring is 1. The number of carbonyl (C=O) groups is 3. The first kappa shape index (κ1) is 28.5. The average Bonchev–Trinajstić information content (AvgIpc) is 3.00. The van der Waals surface area contributed by atoms with E-state index < -0.39 is 0 Å². The highest BCUT2D eigenvalue weighted by atomic mass is 16.2. The molecule has 0 spiro atoms. The van der Waals surface area contributed by atoms with Gasteiger partial charge in [-0.15, -0.1) is 0 Å². The van der Waals surface area contributed by atoms with Crippen LogP contribution < -0.4 is 16.1 Å². The number of aromatic nitrogens is 1. The van der Waals surface area contributed by atoms with Crippen molar-refractivity contribution < 1.29 is 14.4 Å². The Kier molecular flexibility index (Phi) is 8.92. The number of hydrazine groups is 1. The van der Waals surface area contributed by atoms with E-state index in [1.807, 2.05) is 54.6 Å². The van der Waals surface area contributed by atoms with Gasteiger partial charge in [0, 0.05) is 24.6 Å². The first-order valence-corrected chi connectivity index (χ1v) is 14.3. The number of rotatable bonds is 7. The van der Waals surface area contributed by atoms with Crippen LogP contribution in [0.1, 0.15) is 50.2 Å². The molecular formula is C34H35N5O3. The van der Waals surface area contributed by atoms with Gasteiger partial charge in [-0.05, 0) is 66.4 Å². The topological polar surface area (TPSA) is 109 Å². The van der Waals surface area contributed by atoms with Gasteiger partial charge in [0.1, 0.15) is 0 Å². The van der Waals surface area contributed by atoms with Gasteiger partial charge in [-0.3, -0.25) is 19.4 Å². The number of pyridine rings is 1. The van der Waals surface area contributed by atoms with Crippen molar-refractivity contribution in [2.45, 2.75) is 51.5 Å². The van der Waals surface area contributed by atoms with E-state index in [0.717, 1.165) is 54.1 Å². The molecule has 8 heteroatoms. The zero-order chi connectivity index (χ0) is 29.5. The largest absolute Gasteiger partial charge is 0.397 e. The van der Waals surface area contributed by atoms with Crippen molar-refractivity contribution in [2.75, 3.05) is 16.1 Å². The van der Waals surface area contributed by atoms with Crippen molar-refractivity contribution in [3.8, 4) is 0 Å². The first-order chi connectivity index (χ1) is 20.4. The Bertz CT molecular complexity index is 1610. The maximum absolute atomic E-state index is 13.9. The quantitative estimate of drug-likeness (QED) is 0.160. The number of para-hydroxylation sites is 2. The predicted molar refractivity (Wildman–Crippen MR) is 167 cm³/mol. The summed E-state index contributed by atoms with van der Waals surface area (Å²) in [4.78, 5) is 43.8. The van der Waals surface area contributed by atoms with Crippen molar-refractivity contribution in [3.05, 3.63) is 102 Å². The molecule has 0 radical (unpaired) electrons. The summed E-state index contributed by atoms with van der Waals surface area (Å²) < 4.78 is 0. The van der Waals surface area contributed by atoms with Gasteiger partial charge in [-0.25, -0.2) is 10.0 Å². The normalized spacial score (nSPS) is 13.6. The van der Waals surface area contributed by atoms with E-state index in [-0.39, 0.29) is 30.2 Å². The summed E-state index contributed by atoms with van der Waals surface area (Å²) >= 11 is 0. The van der Waals surface area contributed by atoms with Crippen LogP contribution in [0.25, 0.3) is 17.0 Å². The maximum Gasteiger partial charge on any atom is 0.248 e. The first-order valence-electron chi connectivity index (χ1n) is 14.3. The Morgan fingerprint density at radius 1 is 0.952 bits per heavy atom. The number of benzene rings is 3. The van der Waals surface area contributed by atoms with Crippen LogP contribution >= 0.6 is 0 Å². The van der Waals surface area contributed by atoms with Crippen molar-refractivity contribution in [1.29, 1.82) is 0 Å². The van der Waals surface area contributed by atoms with E-state index in [1.54, 1.807) is 46.6 Å². The van der Waals surface area contributed by atoms with Crippen molar-refractivity contribution in [1.82, 2.24) is 9.99 Å². The number of hydrogen-bond acceptors (Lipinski definition) is 5. The monoisotopic (exact) mass is 561 g/mol. The number of nitrogens with zero attached hydrogens (tertiary/aromatic N) is 3. The van der Waals surface area contributed by atoms with Crippen molar-refractivity contribution in [3.63, 3.8) is 0 Å². The molecule has 1 fully saturated rings. The van der Waals surface area contributed by atoms with Crippen LogP contribution in [0.2, 0.25) is 0 Å². The van der Waals surface area contributed by atoms with Gasteiger partial charge in [0.2, 0.25) is 17.7 Å². The van der Waals surface area contributed by atoms with Crippen LogP contribution in [0.15, 0.2) is 91.1 Å². The van der Waals surface area contributed by atoms with E-state index in [0.29, 0.717) is 17.1 Å². The second-order valence-corrected chi connectivity index (χ2v) is 10.6. The fraction of sp³-hybridized carbons (Fsp3) is 0.235. The standard InChI is InChI=1S/C34H35N5O3/c1-24(40)38(29-18-19-31-27(23-29)8-7-21-36-31)39(28-9-3-2-4-10-28)34(42)22-26-15-13-25(14-16-26)17-20-33(41)37-32-12-6-5-11-30(32)35/h5-8,11-21,23,28H,2-4,9-10,22,35H2,1H3,(H,37,41)/b20-17+. The molecule has 1 aliphatic rings. The molecule has 0 saturated heterocycles. The van der Waals surface area contributed by atoms with Crippen LogP contribution in [0.3, 0.4) is 0 Å². The van der Waals surface area contributed by atoms with Gasteiger partial charge in [0.05, 0.1) is 35.0 Å². The summed E-state index contributed by atoms with van der Waals surface area (Å²) in [5.41, 5.74) is 10.1. The summed E-state index contributed by atoms with van der Waals surface area (Å²) in [6.45, 7) is 1.50. The highest BCUT2D eigenvalue weighted by molar-refractivity contribution is 6.03. The Hall–Kier alpha value is -4.98. The van der Waals surface area contributed by atoms with Gasteiger partial charge in [0.25, 0.3) is 0 Å². The minimum Gasteiger partial charge on any atom is -0.397 e. The number of amides is 3. The SMILES string of the molecule is CC(=O)N(c1ccc2ncccc2c1)N(C(=O)Cc1ccc(/C=C/C(=O)Nc2ccccc2N)cc1)C1CCCCC1. The summed E-state index contributed by atoms with van der Waals surface area (Å²) in [6, 6.07) is 24.0. The fourth-order valence-corrected chi connectivity index (χ4v) is 5.42. The number of anilines is 3. The molecule has 0 unspecified atom stereocenters. The molecule has 3 aromatic carbocycles. The lowest BCUT2D eigenvalue weighted by molar-refractivity contribution is -0.139. The molecule has 0 atom stereocenters. The third-order valence-electron chi connectivity index (χ3n) is 7.50. The Morgan fingerprint density at radius 2 is 1.71 bits per heavy atom. The lowest BCUT2D eigenvalue weighted by Crippen LogP contribution is -2.55. The average molecular weight is 562 g/mol. The third kappa shape index (κ3) is 6.83. The second-order valence-electron chi connectivity index (χ2n) is 10.6. The molecule has 3 amide bonds. The predicted octanol–water partition coefficient (Wildman–Crippen LogP) is 6.14. The number of hydrogen-bond donors (Lipinski definition) is 2. The smallest absolute Gasteiger partial charge is 0.248 e. The minimum absolute atomic E-state index is 0.0564. The molecule has 0 bridgehead atoms. The van der Waals surface area contributed by atoms with Gasteiger partial charge < -0.3 is 11.1 Å². The minimum atomic E-state index is -0.288. The molecule has 0 aliphatic heterocycles. The lowest BCUT2D eigenvalue weighted by Gasteiger charge is -2.41. The molecule has 4 aromatic rings. The molecule has 214 valence electrons. The van der Waals surface area contributed by atoms with E-state index in [1.165, 1.54) is 13.0 Å².